The molecule has 0 saturated carbocycles. The van der Waals surface area contributed by atoms with E-state index in [0.29, 0.717) is 31.1 Å². The van der Waals surface area contributed by atoms with Crippen LogP contribution in [0.1, 0.15) is 12.0 Å². The van der Waals surface area contributed by atoms with Gasteiger partial charge in [0, 0.05) is 68.8 Å². The second-order valence-electron chi connectivity index (χ2n) is 10.8. The Balaban J connectivity index is 1.03. The van der Waals surface area contributed by atoms with E-state index in [4.69, 9.17) is 9.47 Å². The van der Waals surface area contributed by atoms with E-state index in [1.165, 1.54) is 17.8 Å². The topological polar surface area (TPSA) is 48.5 Å². The molecule has 0 aliphatic carbocycles. The maximum Gasteiger partial charge on any atom is 0.416 e. The molecule has 1 saturated heterocycles. The molecule has 0 unspecified atom stereocenters. The molecule has 5 rings (SSSR count). The third-order valence-corrected chi connectivity index (χ3v) is 8.78. The lowest BCUT2D eigenvalue weighted by Gasteiger charge is -2.36. The molecule has 0 bridgehead atoms. The summed E-state index contributed by atoms with van der Waals surface area (Å²) in [5.41, 5.74) is 1.99. The summed E-state index contributed by atoms with van der Waals surface area (Å²) >= 11 is 1.51. The van der Waals surface area contributed by atoms with Gasteiger partial charge < -0.3 is 24.2 Å². The van der Waals surface area contributed by atoms with Crippen molar-refractivity contribution in [2.24, 2.45) is 0 Å². The summed E-state index contributed by atoms with van der Waals surface area (Å²) in [4.78, 5) is 22.7. The van der Waals surface area contributed by atoms with Gasteiger partial charge in [0.15, 0.2) is 6.61 Å². The number of halogens is 3. The average molecular weight is 615 g/mol. The van der Waals surface area contributed by atoms with E-state index in [9.17, 15) is 18.0 Å². The van der Waals surface area contributed by atoms with E-state index in [1.54, 1.807) is 6.07 Å². The van der Waals surface area contributed by atoms with Crippen LogP contribution < -0.4 is 14.5 Å². The third-order valence-electron chi connectivity index (χ3n) is 7.65. The number of para-hydroxylation sites is 1. The van der Waals surface area contributed by atoms with Gasteiger partial charge in [-0.25, -0.2) is 4.79 Å². The van der Waals surface area contributed by atoms with Crippen LogP contribution in [0.3, 0.4) is 0 Å². The zero-order valence-electron chi connectivity index (χ0n) is 24.5. The summed E-state index contributed by atoms with van der Waals surface area (Å²) in [5.74, 6) is 0.231. The number of anilines is 3. The summed E-state index contributed by atoms with van der Waals surface area (Å²) in [6.45, 7) is 5.85. The van der Waals surface area contributed by atoms with Gasteiger partial charge in [-0.05, 0) is 67.6 Å². The Morgan fingerprint density at radius 2 is 1.53 bits per heavy atom. The van der Waals surface area contributed by atoms with Crippen LogP contribution in [0.15, 0.2) is 76.5 Å². The first-order valence-corrected chi connectivity index (χ1v) is 15.3. The number of piperazine rings is 1. The van der Waals surface area contributed by atoms with Crippen LogP contribution in [0.5, 0.6) is 5.75 Å². The molecule has 2 aliphatic rings. The van der Waals surface area contributed by atoms with Crippen molar-refractivity contribution < 1.29 is 27.4 Å². The van der Waals surface area contributed by atoms with Gasteiger partial charge in [0.05, 0.1) is 16.9 Å². The van der Waals surface area contributed by atoms with Crippen molar-refractivity contribution in [1.29, 1.82) is 0 Å². The average Bonchev–Trinajstić information content (AvgIpc) is 3.00. The lowest BCUT2D eigenvalue weighted by molar-refractivity contribution is -0.146. The molecule has 43 heavy (non-hydrogen) atoms. The highest BCUT2D eigenvalue weighted by molar-refractivity contribution is 7.99. The van der Waals surface area contributed by atoms with Gasteiger partial charge in [0.25, 0.3) is 0 Å². The first-order chi connectivity index (χ1) is 20.7. The van der Waals surface area contributed by atoms with E-state index >= 15 is 0 Å². The van der Waals surface area contributed by atoms with E-state index < -0.39 is 17.7 Å². The summed E-state index contributed by atoms with van der Waals surface area (Å²) in [6.07, 6.45) is -3.56. The number of hydrogen-bond donors (Lipinski definition) is 0. The van der Waals surface area contributed by atoms with Crippen LogP contribution in [0.25, 0.3) is 0 Å². The number of alkyl halides is 3. The van der Waals surface area contributed by atoms with Crippen molar-refractivity contribution in [3.05, 3.63) is 72.3 Å². The molecular weight excluding hydrogens is 577 g/mol. The van der Waals surface area contributed by atoms with E-state index in [2.05, 4.69) is 9.80 Å². The SMILES string of the molecule is CN(C)c1ccc(OCC(=O)OCCN2CCN(CCCN3c4ccccc4Sc4ccc(C(F)(F)F)cc43)CC2)cc1. The fourth-order valence-electron chi connectivity index (χ4n) is 5.25. The van der Waals surface area contributed by atoms with E-state index in [1.807, 2.05) is 72.4 Å². The highest BCUT2D eigenvalue weighted by Crippen LogP contribution is 2.49. The molecule has 230 valence electrons. The predicted octanol–water partition coefficient (Wildman–Crippen LogP) is 6.00. The Hall–Kier alpha value is -3.41. The van der Waals surface area contributed by atoms with Crippen molar-refractivity contribution in [3.8, 4) is 5.75 Å². The Morgan fingerprint density at radius 1 is 0.860 bits per heavy atom. The lowest BCUT2D eigenvalue weighted by atomic mass is 10.1. The van der Waals surface area contributed by atoms with Gasteiger partial charge in [-0.3, -0.25) is 4.90 Å². The largest absolute Gasteiger partial charge is 0.482 e. The molecule has 0 aromatic heterocycles. The number of carbonyl (C=O) groups excluding carboxylic acids is 1. The van der Waals surface area contributed by atoms with Crippen LogP contribution in [0, 0.1) is 0 Å². The molecule has 7 nitrogen and oxygen atoms in total. The number of hydrogen-bond acceptors (Lipinski definition) is 8. The second kappa shape index (κ2) is 13.9. The summed E-state index contributed by atoms with van der Waals surface area (Å²) in [6, 6.07) is 19.4. The first-order valence-electron chi connectivity index (χ1n) is 14.4. The van der Waals surface area contributed by atoms with Gasteiger partial charge in [0.2, 0.25) is 0 Å². The van der Waals surface area contributed by atoms with Crippen molar-refractivity contribution in [2.45, 2.75) is 22.4 Å². The minimum absolute atomic E-state index is 0.128. The van der Waals surface area contributed by atoms with E-state index in [-0.39, 0.29) is 6.61 Å². The molecule has 11 heteroatoms. The summed E-state index contributed by atoms with van der Waals surface area (Å²) in [5, 5.41) is 0. The highest BCUT2D eigenvalue weighted by atomic mass is 32.2. The monoisotopic (exact) mass is 614 g/mol. The van der Waals surface area contributed by atoms with Crippen LogP contribution in [0.2, 0.25) is 0 Å². The highest BCUT2D eigenvalue weighted by Gasteiger charge is 2.33. The predicted molar refractivity (Wildman–Crippen MR) is 164 cm³/mol. The van der Waals surface area contributed by atoms with Gasteiger partial charge in [-0.2, -0.15) is 13.2 Å². The maximum atomic E-state index is 13.5. The van der Waals surface area contributed by atoms with Crippen LogP contribution >= 0.6 is 11.8 Å². The molecule has 2 aliphatic heterocycles. The third kappa shape index (κ3) is 8.16. The molecule has 1 fully saturated rings. The standard InChI is InChI=1S/C32H37F3N4O3S/c1-36(2)25-9-11-26(12-10-25)42-23-31(40)41-21-20-38-18-16-37(17-19-38)14-5-15-39-27-6-3-4-7-29(27)43-30-13-8-24(22-28(30)39)32(33,34)35/h3-4,6-13,22H,5,14-21,23H2,1-2H3. The molecule has 3 aromatic carbocycles. The molecule has 0 amide bonds. The molecule has 0 spiro atoms. The van der Waals surface area contributed by atoms with Crippen molar-refractivity contribution >= 4 is 34.8 Å². The smallest absolute Gasteiger partial charge is 0.416 e. The second-order valence-corrected chi connectivity index (χ2v) is 11.9. The maximum absolute atomic E-state index is 13.5. The number of nitrogens with zero attached hydrogens (tertiary/aromatic N) is 4. The minimum atomic E-state index is -4.38. The van der Waals surface area contributed by atoms with Crippen molar-refractivity contribution in [3.63, 3.8) is 0 Å². The van der Waals surface area contributed by atoms with Crippen molar-refractivity contribution in [2.75, 3.05) is 82.9 Å². The zero-order valence-corrected chi connectivity index (χ0v) is 25.3. The molecule has 0 N–H and O–H groups in total. The Kier molecular flexibility index (Phi) is 10.0. The van der Waals surface area contributed by atoms with Crippen LogP contribution in [-0.2, 0) is 15.7 Å². The first kappa shape index (κ1) is 31.0. The fraction of sp³-hybridized carbons (Fsp3) is 0.406. The zero-order chi connectivity index (χ0) is 30.4. The molecule has 3 aromatic rings. The summed E-state index contributed by atoms with van der Waals surface area (Å²) < 4.78 is 51.4. The quantitative estimate of drug-likeness (QED) is 0.244. The molecule has 0 atom stereocenters. The Morgan fingerprint density at radius 3 is 2.23 bits per heavy atom. The minimum Gasteiger partial charge on any atom is -0.482 e. The van der Waals surface area contributed by atoms with Crippen molar-refractivity contribution in [1.82, 2.24) is 9.80 Å². The number of carbonyl (C=O) groups is 1. The normalized spacial score (nSPS) is 15.5. The summed E-state index contributed by atoms with van der Waals surface area (Å²) in [7, 11) is 3.92. The number of ether oxygens (including phenoxy) is 2. The van der Waals surface area contributed by atoms with Gasteiger partial charge in [-0.1, -0.05) is 23.9 Å². The van der Waals surface area contributed by atoms with Gasteiger partial charge in [-0.15, -0.1) is 0 Å². The number of rotatable bonds is 11. The van der Waals surface area contributed by atoms with Crippen LogP contribution in [-0.4, -0.2) is 88.9 Å². The Labute approximate surface area is 255 Å². The number of benzene rings is 3. The van der Waals surface area contributed by atoms with Gasteiger partial charge in [0.1, 0.15) is 12.4 Å². The molecule has 0 radical (unpaired) electrons. The van der Waals surface area contributed by atoms with E-state index in [0.717, 1.165) is 66.4 Å². The number of fused-ring (bicyclic) bond motifs is 2. The Bertz CT molecular complexity index is 1380. The molecular formula is C32H37F3N4O3S. The number of esters is 1. The van der Waals surface area contributed by atoms with Gasteiger partial charge >= 0.3 is 12.1 Å². The van der Waals surface area contributed by atoms with Crippen LogP contribution in [0.4, 0.5) is 30.2 Å². The lowest BCUT2D eigenvalue weighted by Crippen LogP contribution is -2.47. The fourth-order valence-corrected chi connectivity index (χ4v) is 6.32. The molecule has 2 heterocycles.